The number of anilines is 1. The minimum absolute atomic E-state index is 0.0613. The second-order valence-electron chi connectivity index (χ2n) is 4.12. The van der Waals surface area contributed by atoms with Crippen molar-refractivity contribution >= 4 is 26.5 Å². The number of hydrogen-bond acceptors (Lipinski definition) is 4. The smallest absolute Gasteiger partial charge is 0.262 e. The van der Waals surface area contributed by atoms with Crippen LogP contribution in [0.4, 0.5) is 5.69 Å². The molecule has 0 aliphatic heterocycles. The molecule has 2 rings (SSSR count). The molecule has 0 saturated carbocycles. The summed E-state index contributed by atoms with van der Waals surface area (Å²) >= 11 is 0. The molecule has 0 radical (unpaired) electrons. The molecule has 0 heterocycles. The Balaban J connectivity index is 2.84. The largest absolute Gasteiger partial charge is 0.377 e. The number of rotatable bonds is 3. The lowest BCUT2D eigenvalue weighted by Crippen LogP contribution is -2.19. The van der Waals surface area contributed by atoms with Gasteiger partial charge >= 0.3 is 0 Å². The highest BCUT2D eigenvalue weighted by Gasteiger charge is 2.17. The van der Waals surface area contributed by atoms with Crippen molar-refractivity contribution in [1.29, 1.82) is 0 Å². The second-order valence-corrected chi connectivity index (χ2v) is 5.75. The van der Waals surface area contributed by atoms with Crippen LogP contribution in [0.2, 0.25) is 0 Å². The van der Waals surface area contributed by atoms with Crippen molar-refractivity contribution in [3.8, 4) is 0 Å². The van der Waals surface area contributed by atoms with E-state index in [1.807, 2.05) is 31.1 Å². The standard InChI is InChI=1S/C12H14N2O3S/c1-14(2)11-7-3-6-10-9(11)5-4-8-12(10)18(16,17)13-15/h3-8,13,15H,1-2H3. The van der Waals surface area contributed by atoms with Gasteiger partial charge in [-0.15, -0.1) is 0 Å². The van der Waals surface area contributed by atoms with Gasteiger partial charge in [0.1, 0.15) is 0 Å². The molecule has 0 aromatic heterocycles. The Bertz CT molecular complexity index is 681. The number of nitrogens with zero attached hydrogens (tertiary/aromatic N) is 1. The van der Waals surface area contributed by atoms with E-state index in [1.165, 1.54) is 11.0 Å². The fraction of sp³-hybridized carbons (Fsp3) is 0.167. The maximum absolute atomic E-state index is 11.7. The summed E-state index contributed by atoms with van der Waals surface area (Å²) in [6.07, 6.45) is 0. The fourth-order valence-corrected chi connectivity index (χ4v) is 2.76. The van der Waals surface area contributed by atoms with Crippen LogP contribution in [-0.2, 0) is 10.0 Å². The van der Waals surface area contributed by atoms with Crippen molar-refractivity contribution < 1.29 is 13.6 Å². The van der Waals surface area contributed by atoms with Crippen molar-refractivity contribution in [1.82, 2.24) is 4.89 Å². The van der Waals surface area contributed by atoms with Crippen molar-refractivity contribution in [2.45, 2.75) is 4.90 Å². The zero-order chi connectivity index (χ0) is 13.3. The molecule has 0 bridgehead atoms. The van der Waals surface area contributed by atoms with E-state index >= 15 is 0 Å². The van der Waals surface area contributed by atoms with Gasteiger partial charge in [-0.25, -0.2) is 8.42 Å². The Morgan fingerprint density at radius 1 is 1.06 bits per heavy atom. The molecule has 0 aliphatic carbocycles. The Morgan fingerprint density at radius 3 is 2.28 bits per heavy atom. The van der Waals surface area contributed by atoms with Crippen LogP contribution in [-0.4, -0.2) is 27.7 Å². The molecule has 0 atom stereocenters. The van der Waals surface area contributed by atoms with Crippen LogP contribution in [0.25, 0.3) is 10.8 Å². The highest BCUT2D eigenvalue weighted by atomic mass is 32.2. The van der Waals surface area contributed by atoms with Gasteiger partial charge in [-0.3, -0.25) is 0 Å². The lowest BCUT2D eigenvalue weighted by Gasteiger charge is -2.16. The summed E-state index contributed by atoms with van der Waals surface area (Å²) in [5.41, 5.74) is 0.919. The molecule has 96 valence electrons. The van der Waals surface area contributed by atoms with Crippen LogP contribution >= 0.6 is 0 Å². The predicted molar refractivity (Wildman–Crippen MR) is 70.4 cm³/mol. The maximum atomic E-state index is 11.7. The minimum Gasteiger partial charge on any atom is -0.377 e. The van der Waals surface area contributed by atoms with Crippen LogP contribution in [0.15, 0.2) is 41.3 Å². The first kappa shape index (κ1) is 12.8. The van der Waals surface area contributed by atoms with Gasteiger partial charge in [0.05, 0.1) is 4.90 Å². The van der Waals surface area contributed by atoms with Crippen LogP contribution < -0.4 is 9.79 Å². The molecular formula is C12H14N2O3S. The van der Waals surface area contributed by atoms with Crippen molar-refractivity contribution in [2.24, 2.45) is 0 Å². The maximum Gasteiger partial charge on any atom is 0.262 e. The SMILES string of the molecule is CN(C)c1cccc2c(S(=O)(=O)NO)cccc12. The van der Waals surface area contributed by atoms with Gasteiger partial charge in [0, 0.05) is 30.6 Å². The van der Waals surface area contributed by atoms with E-state index in [2.05, 4.69) is 0 Å². The third-order valence-electron chi connectivity index (χ3n) is 2.75. The Labute approximate surface area is 106 Å². The summed E-state index contributed by atoms with van der Waals surface area (Å²) in [7, 11) is -0.102. The molecule has 6 heteroatoms. The summed E-state index contributed by atoms with van der Waals surface area (Å²) in [5.74, 6) is 0. The van der Waals surface area contributed by atoms with Gasteiger partial charge in [-0.2, -0.15) is 0 Å². The molecule has 0 unspecified atom stereocenters. The zero-order valence-electron chi connectivity index (χ0n) is 10.1. The van der Waals surface area contributed by atoms with Gasteiger partial charge in [-0.1, -0.05) is 29.2 Å². The predicted octanol–water partition coefficient (Wildman–Crippen LogP) is 1.57. The number of benzene rings is 2. The summed E-state index contributed by atoms with van der Waals surface area (Å²) in [6, 6.07) is 10.4. The summed E-state index contributed by atoms with van der Waals surface area (Å²) in [4.78, 5) is 3.33. The van der Waals surface area contributed by atoms with E-state index < -0.39 is 10.0 Å². The van der Waals surface area contributed by atoms with Gasteiger partial charge in [0.15, 0.2) is 0 Å². The lowest BCUT2D eigenvalue weighted by atomic mass is 10.1. The molecule has 5 nitrogen and oxygen atoms in total. The Kier molecular flexibility index (Phi) is 3.25. The topological polar surface area (TPSA) is 69.6 Å². The van der Waals surface area contributed by atoms with Crippen molar-refractivity contribution in [3.63, 3.8) is 0 Å². The molecule has 0 amide bonds. The van der Waals surface area contributed by atoms with Gasteiger partial charge < -0.3 is 10.1 Å². The average molecular weight is 266 g/mol. The van der Waals surface area contributed by atoms with E-state index in [0.29, 0.717) is 5.39 Å². The molecule has 2 N–H and O–H groups in total. The van der Waals surface area contributed by atoms with Crippen molar-refractivity contribution in [2.75, 3.05) is 19.0 Å². The summed E-state index contributed by atoms with van der Waals surface area (Å²) in [6.45, 7) is 0. The number of sulfonamides is 1. The Hall–Kier alpha value is -1.63. The molecule has 0 aliphatic rings. The van der Waals surface area contributed by atoms with Gasteiger partial charge in [0.25, 0.3) is 10.0 Å². The molecule has 2 aromatic rings. The van der Waals surface area contributed by atoms with Gasteiger partial charge in [-0.05, 0) is 12.1 Å². The molecule has 0 fully saturated rings. The fourth-order valence-electron chi connectivity index (χ4n) is 1.94. The molecule has 0 saturated heterocycles. The van der Waals surface area contributed by atoms with Crippen LogP contribution in [0.3, 0.4) is 0 Å². The monoisotopic (exact) mass is 266 g/mol. The van der Waals surface area contributed by atoms with Crippen LogP contribution in [0.5, 0.6) is 0 Å². The quantitative estimate of drug-likeness (QED) is 0.827. The van der Waals surface area contributed by atoms with Crippen LogP contribution in [0, 0.1) is 0 Å². The third kappa shape index (κ3) is 2.05. The van der Waals surface area contributed by atoms with E-state index in [0.717, 1.165) is 11.1 Å². The van der Waals surface area contributed by atoms with E-state index in [4.69, 9.17) is 5.21 Å². The number of hydrogen-bond donors (Lipinski definition) is 2. The molecular weight excluding hydrogens is 252 g/mol. The first-order chi connectivity index (χ1) is 8.47. The first-order valence-electron chi connectivity index (χ1n) is 5.32. The second kappa shape index (κ2) is 4.56. The molecule has 2 aromatic carbocycles. The highest BCUT2D eigenvalue weighted by Crippen LogP contribution is 2.29. The minimum atomic E-state index is -3.88. The number of nitrogens with one attached hydrogen (secondary N) is 1. The van der Waals surface area contributed by atoms with Crippen LogP contribution in [0.1, 0.15) is 0 Å². The average Bonchev–Trinajstić information content (AvgIpc) is 2.37. The third-order valence-corrected chi connectivity index (χ3v) is 3.93. The molecule has 0 spiro atoms. The van der Waals surface area contributed by atoms with E-state index in [1.54, 1.807) is 18.2 Å². The lowest BCUT2D eigenvalue weighted by molar-refractivity contribution is 0.243. The first-order valence-corrected chi connectivity index (χ1v) is 6.80. The Morgan fingerprint density at radius 2 is 1.67 bits per heavy atom. The summed E-state index contributed by atoms with van der Waals surface area (Å²) < 4.78 is 23.4. The van der Waals surface area contributed by atoms with E-state index in [-0.39, 0.29) is 4.90 Å². The summed E-state index contributed by atoms with van der Waals surface area (Å²) in [5, 5.41) is 10.1. The highest BCUT2D eigenvalue weighted by molar-refractivity contribution is 7.89. The van der Waals surface area contributed by atoms with Crippen molar-refractivity contribution in [3.05, 3.63) is 36.4 Å². The van der Waals surface area contributed by atoms with E-state index in [9.17, 15) is 8.42 Å². The number of fused-ring (bicyclic) bond motifs is 1. The normalized spacial score (nSPS) is 11.7. The molecule has 18 heavy (non-hydrogen) atoms. The zero-order valence-corrected chi connectivity index (χ0v) is 10.9. The van der Waals surface area contributed by atoms with Gasteiger partial charge in [0.2, 0.25) is 0 Å².